The number of aromatic nitrogens is 1. The monoisotopic (exact) mass is 357 g/mol. The van der Waals surface area contributed by atoms with E-state index in [1.807, 2.05) is 24.3 Å². The molecule has 4 aromatic rings. The molecule has 1 unspecified atom stereocenters. The van der Waals surface area contributed by atoms with Crippen molar-refractivity contribution in [2.45, 2.75) is 11.2 Å². The highest BCUT2D eigenvalue weighted by atomic mass is 79.9. The van der Waals surface area contributed by atoms with Crippen molar-refractivity contribution in [2.75, 3.05) is 0 Å². The maximum atomic E-state index is 5.91. The number of fused-ring (bicyclic) bond motifs is 2. The summed E-state index contributed by atoms with van der Waals surface area (Å²) in [5.41, 5.74) is 2.00. The maximum absolute atomic E-state index is 5.91. The molecule has 0 amide bonds. The third-order valence-corrected chi connectivity index (χ3v) is 5.28. The minimum absolute atomic E-state index is 0.144. The topological polar surface area (TPSA) is 26.0 Å². The zero-order chi connectivity index (χ0) is 14.2. The van der Waals surface area contributed by atoms with Gasteiger partial charge in [-0.05, 0) is 24.3 Å². The first-order valence-corrected chi connectivity index (χ1v) is 8.50. The Morgan fingerprint density at radius 3 is 2.76 bits per heavy atom. The van der Waals surface area contributed by atoms with Crippen LogP contribution >= 0.6 is 27.3 Å². The Labute approximate surface area is 134 Å². The van der Waals surface area contributed by atoms with Crippen molar-refractivity contribution >= 4 is 48.5 Å². The van der Waals surface area contributed by atoms with E-state index in [0.717, 1.165) is 33.7 Å². The first kappa shape index (κ1) is 13.0. The number of alkyl halides is 1. The van der Waals surface area contributed by atoms with Crippen LogP contribution in [0.5, 0.6) is 0 Å². The second-order valence-electron chi connectivity index (χ2n) is 4.93. The van der Waals surface area contributed by atoms with E-state index in [1.54, 1.807) is 11.3 Å². The lowest BCUT2D eigenvalue weighted by molar-refractivity contribution is 0.545. The Bertz CT molecular complexity index is 845. The fourth-order valence-corrected chi connectivity index (χ4v) is 4.18. The normalized spacial score (nSPS) is 13.0. The van der Waals surface area contributed by atoms with Crippen LogP contribution in [0.1, 0.15) is 15.6 Å². The summed E-state index contributed by atoms with van der Waals surface area (Å²) < 4.78 is 7.14. The van der Waals surface area contributed by atoms with Gasteiger partial charge in [-0.2, -0.15) is 0 Å². The van der Waals surface area contributed by atoms with E-state index in [9.17, 15) is 0 Å². The third kappa shape index (κ3) is 2.49. The minimum Gasteiger partial charge on any atom is -0.460 e. The van der Waals surface area contributed by atoms with Gasteiger partial charge in [-0.25, -0.2) is 4.98 Å². The van der Waals surface area contributed by atoms with Crippen LogP contribution in [0.3, 0.4) is 0 Å². The van der Waals surface area contributed by atoms with E-state index in [1.165, 1.54) is 4.70 Å². The van der Waals surface area contributed by atoms with Crippen LogP contribution in [-0.2, 0) is 6.42 Å². The molecule has 104 valence electrons. The number of halogens is 1. The summed E-state index contributed by atoms with van der Waals surface area (Å²) in [4.78, 5) is 4.82. The molecule has 2 aromatic carbocycles. The quantitative estimate of drug-likeness (QED) is 0.438. The molecule has 4 rings (SSSR count). The van der Waals surface area contributed by atoms with Crippen LogP contribution in [0.15, 0.2) is 59.0 Å². The fourth-order valence-electron chi connectivity index (χ4n) is 2.42. The van der Waals surface area contributed by atoms with E-state index in [0.29, 0.717) is 0 Å². The highest BCUT2D eigenvalue weighted by Crippen LogP contribution is 2.33. The van der Waals surface area contributed by atoms with Gasteiger partial charge in [0.25, 0.3) is 0 Å². The summed E-state index contributed by atoms with van der Waals surface area (Å²) in [7, 11) is 0. The number of hydrogen-bond acceptors (Lipinski definition) is 3. The van der Waals surface area contributed by atoms with Crippen molar-refractivity contribution in [3.05, 3.63) is 65.4 Å². The fraction of sp³-hybridized carbons (Fsp3) is 0.118. The lowest BCUT2D eigenvalue weighted by Crippen LogP contribution is -1.92. The summed E-state index contributed by atoms with van der Waals surface area (Å²) in [5.74, 6) is 0.954. The highest BCUT2D eigenvalue weighted by Gasteiger charge is 2.16. The Morgan fingerprint density at radius 2 is 1.90 bits per heavy atom. The van der Waals surface area contributed by atoms with Gasteiger partial charge in [0.2, 0.25) is 0 Å². The third-order valence-electron chi connectivity index (χ3n) is 3.45. The van der Waals surface area contributed by atoms with Gasteiger partial charge in [-0.15, -0.1) is 11.3 Å². The van der Waals surface area contributed by atoms with Gasteiger partial charge < -0.3 is 4.42 Å². The van der Waals surface area contributed by atoms with Crippen LogP contribution in [0.25, 0.3) is 21.2 Å². The molecule has 0 bridgehead atoms. The molecule has 0 spiro atoms. The number of nitrogens with zero attached hydrogens (tertiary/aromatic N) is 1. The molecule has 0 aliphatic rings. The molecule has 0 fully saturated rings. The van der Waals surface area contributed by atoms with Crippen molar-refractivity contribution in [1.82, 2.24) is 4.98 Å². The van der Waals surface area contributed by atoms with E-state index in [2.05, 4.69) is 51.2 Å². The highest BCUT2D eigenvalue weighted by molar-refractivity contribution is 9.09. The summed E-state index contributed by atoms with van der Waals surface area (Å²) in [6.07, 6.45) is 0.833. The zero-order valence-corrected chi connectivity index (χ0v) is 13.5. The molecule has 2 heterocycles. The molecule has 0 N–H and O–H groups in total. The van der Waals surface area contributed by atoms with E-state index < -0.39 is 0 Å². The molecule has 0 saturated heterocycles. The number of furan rings is 1. The Hall–Kier alpha value is -1.65. The Morgan fingerprint density at radius 1 is 1.10 bits per heavy atom. The predicted molar refractivity (Wildman–Crippen MR) is 91.2 cm³/mol. The number of thiazole rings is 1. The number of para-hydroxylation sites is 2. The van der Waals surface area contributed by atoms with Gasteiger partial charge in [-0.1, -0.05) is 46.3 Å². The van der Waals surface area contributed by atoms with Gasteiger partial charge in [0.15, 0.2) is 0 Å². The molecule has 0 saturated carbocycles. The van der Waals surface area contributed by atoms with Crippen LogP contribution < -0.4 is 0 Å². The van der Waals surface area contributed by atoms with Gasteiger partial charge in [0, 0.05) is 11.8 Å². The first-order valence-electron chi connectivity index (χ1n) is 6.76. The first-order chi connectivity index (χ1) is 10.3. The Kier molecular flexibility index (Phi) is 3.28. The predicted octanol–water partition coefficient (Wildman–Crippen LogP) is 5.72. The van der Waals surface area contributed by atoms with E-state index in [-0.39, 0.29) is 4.83 Å². The number of hydrogen-bond donors (Lipinski definition) is 0. The van der Waals surface area contributed by atoms with Crippen LogP contribution in [0.4, 0.5) is 0 Å². The van der Waals surface area contributed by atoms with Crippen LogP contribution in [-0.4, -0.2) is 4.98 Å². The molecule has 1 atom stereocenters. The maximum Gasteiger partial charge on any atom is 0.134 e. The second-order valence-corrected chi connectivity index (χ2v) is 7.15. The average Bonchev–Trinajstić information content (AvgIpc) is 3.10. The Balaban J connectivity index is 1.63. The number of rotatable bonds is 3. The summed E-state index contributed by atoms with van der Waals surface area (Å²) in [6.45, 7) is 0. The molecule has 4 heteroatoms. The molecule has 0 radical (unpaired) electrons. The summed E-state index contributed by atoms with van der Waals surface area (Å²) in [6, 6.07) is 18.4. The lowest BCUT2D eigenvalue weighted by Gasteiger charge is -2.03. The summed E-state index contributed by atoms with van der Waals surface area (Å²) in [5, 5.41) is 2.26. The molecular formula is C17H12BrNOS. The minimum atomic E-state index is 0.144. The molecule has 2 aromatic heterocycles. The average molecular weight is 358 g/mol. The second kappa shape index (κ2) is 5.28. The lowest BCUT2D eigenvalue weighted by atomic mass is 10.2. The van der Waals surface area contributed by atoms with E-state index in [4.69, 9.17) is 4.42 Å². The standard InChI is InChI=1S/C17H12BrNOS/c18-12(15-9-11-5-1-3-7-14(11)20-15)10-17-19-13-6-2-4-8-16(13)21-17/h1-9,12H,10H2. The van der Waals surface area contributed by atoms with Gasteiger partial charge in [0.05, 0.1) is 20.1 Å². The van der Waals surface area contributed by atoms with Crippen LogP contribution in [0, 0.1) is 0 Å². The smallest absolute Gasteiger partial charge is 0.134 e. The zero-order valence-electron chi connectivity index (χ0n) is 11.1. The molecule has 0 aliphatic carbocycles. The van der Waals surface area contributed by atoms with Crippen molar-refractivity contribution in [1.29, 1.82) is 0 Å². The number of benzene rings is 2. The van der Waals surface area contributed by atoms with Gasteiger partial charge in [-0.3, -0.25) is 0 Å². The molecule has 2 nitrogen and oxygen atoms in total. The SMILES string of the molecule is BrC(Cc1nc2ccccc2s1)c1cc2ccccc2o1. The van der Waals surface area contributed by atoms with Crippen LogP contribution in [0.2, 0.25) is 0 Å². The van der Waals surface area contributed by atoms with Crippen molar-refractivity contribution < 1.29 is 4.42 Å². The molecule has 21 heavy (non-hydrogen) atoms. The van der Waals surface area contributed by atoms with Crippen molar-refractivity contribution in [2.24, 2.45) is 0 Å². The molecular weight excluding hydrogens is 346 g/mol. The van der Waals surface area contributed by atoms with Gasteiger partial charge in [0.1, 0.15) is 11.3 Å². The summed E-state index contributed by atoms with van der Waals surface area (Å²) >= 11 is 5.48. The van der Waals surface area contributed by atoms with Crippen molar-refractivity contribution in [3.8, 4) is 0 Å². The molecule has 0 aliphatic heterocycles. The largest absolute Gasteiger partial charge is 0.460 e. The van der Waals surface area contributed by atoms with Crippen molar-refractivity contribution in [3.63, 3.8) is 0 Å². The van der Waals surface area contributed by atoms with Gasteiger partial charge >= 0.3 is 0 Å². The van der Waals surface area contributed by atoms with E-state index >= 15 is 0 Å².